The Morgan fingerprint density at radius 3 is 2.36 bits per heavy atom. The lowest BCUT2D eigenvalue weighted by Crippen LogP contribution is -2.16. The molecular formula is C24H24N4O4S. The van der Waals surface area contributed by atoms with Crippen LogP contribution in [0, 0.1) is 13.8 Å². The molecule has 0 saturated heterocycles. The fourth-order valence-electron chi connectivity index (χ4n) is 3.53. The van der Waals surface area contributed by atoms with Crippen molar-refractivity contribution < 1.29 is 17.6 Å². The minimum Gasteiger partial charge on any atom is -0.464 e. The van der Waals surface area contributed by atoms with Crippen molar-refractivity contribution in [1.82, 2.24) is 9.97 Å². The average Bonchev–Trinajstić information content (AvgIpc) is 3.14. The average molecular weight is 465 g/mol. The summed E-state index contributed by atoms with van der Waals surface area (Å²) in [5, 5.41) is 3.72. The molecule has 2 heterocycles. The molecule has 1 amide bonds. The van der Waals surface area contributed by atoms with Gasteiger partial charge in [-0.15, -0.1) is 0 Å². The van der Waals surface area contributed by atoms with Crippen LogP contribution in [0.5, 0.6) is 0 Å². The number of carbonyl (C=O) groups excluding carboxylic acids is 1. The number of benzene rings is 2. The summed E-state index contributed by atoms with van der Waals surface area (Å²) in [5.41, 5.74) is 4.52. The van der Waals surface area contributed by atoms with Gasteiger partial charge in [0, 0.05) is 28.0 Å². The molecule has 2 aromatic heterocycles. The van der Waals surface area contributed by atoms with Crippen molar-refractivity contribution in [3.8, 4) is 0 Å². The molecule has 0 unspecified atom stereocenters. The molecule has 4 rings (SSSR count). The van der Waals surface area contributed by atoms with Gasteiger partial charge in [-0.25, -0.2) is 23.1 Å². The Morgan fingerprint density at radius 1 is 1.00 bits per heavy atom. The summed E-state index contributed by atoms with van der Waals surface area (Å²) < 4.78 is 33.3. The number of carbonyl (C=O) groups is 1. The minimum absolute atomic E-state index is 0.0171. The van der Waals surface area contributed by atoms with Gasteiger partial charge in [-0.05, 0) is 68.3 Å². The molecule has 33 heavy (non-hydrogen) atoms. The number of aryl methyl sites for hydroxylation is 3. The number of anilines is 2. The summed E-state index contributed by atoms with van der Waals surface area (Å²) in [6, 6.07) is 13.6. The van der Waals surface area contributed by atoms with Crippen LogP contribution in [0.1, 0.15) is 29.4 Å². The van der Waals surface area contributed by atoms with Crippen molar-refractivity contribution in [1.29, 1.82) is 0 Å². The molecule has 0 saturated carbocycles. The van der Waals surface area contributed by atoms with Crippen LogP contribution in [0.2, 0.25) is 0 Å². The molecule has 0 atom stereocenters. The quantitative estimate of drug-likeness (QED) is 0.419. The van der Waals surface area contributed by atoms with Crippen LogP contribution in [0.15, 0.2) is 64.1 Å². The first-order chi connectivity index (χ1) is 15.7. The van der Waals surface area contributed by atoms with E-state index in [1.807, 2.05) is 18.2 Å². The van der Waals surface area contributed by atoms with Gasteiger partial charge in [0.1, 0.15) is 5.58 Å². The zero-order valence-corrected chi connectivity index (χ0v) is 19.4. The van der Waals surface area contributed by atoms with Gasteiger partial charge >= 0.3 is 0 Å². The molecule has 9 heteroatoms. The zero-order chi connectivity index (χ0) is 23.6. The van der Waals surface area contributed by atoms with E-state index in [2.05, 4.69) is 26.9 Å². The van der Waals surface area contributed by atoms with Crippen molar-refractivity contribution in [2.45, 2.75) is 38.5 Å². The Labute approximate surface area is 192 Å². The van der Waals surface area contributed by atoms with Crippen molar-refractivity contribution >= 4 is 38.5 Å². The van der Waals surface area contributed by atoms with Gasteiger partial charge < -0.3 is 9.73 Å². The number of aromatic nitrogens is 2. The Hall–Kier alpha value is -3.72. The highest BCUT2D eigenvalue weighted by Crippen LogP contribution is 2.24. The number of nitrogens with zero attached hydrogens (tertiary/aromatic N) is 2. The third-order valence-corrected chi connectivity index (χ3v) is 6.48. The molecule has 4 aromatic rings. The maximum absolute atomic E-state index is 12.7. The van der Waals surface area contributed by atoms with E-state index in [0.29, 0.717) is 17.1 Å². The summed E-state index contributed by atoms with van der Waals surface area (Å²) in [6.45, 7) is 5.60. The van der Waals surface area contributed by atoms with E-state index in [1.165, 1.54) is 29.8 Å². The topological polar surface area (TPSA) is 114 Å². The van der Waals surface area contributed by atoms with Crippen LogP contribution in [-0.4, -0.2) is 24.3 Å². The van der Waals surface area contributed by atoms with Crippen LogP contribution in [-0.2, 0) is 27.7 Å². The predicted molar refractivity (Wildman–Crippen MR) is 127 cm³/mol. The number of hydrogen-bond acceptors (Lipinski definition) is 6. The highest BCUT2D eigenvalue weighted by atomic mass is 32.2. The second kappa shape index (κ2) is 9.03. The molecule has 0 aliphatic rings. The SMILES string of the molecule is CCc1ccc2occ(CC(=O)Nc3ccc(S(=O)(=O)Nc4nc(C)cc(C)n4)cc3)c2c1. The van der Waals surface area contributed by atoms with Crippen molar-refractivity contribution in [2.24, 2.45) is 0 Å². The lowest BCUT2D eigenvalue weighted by molar-refractivity contribution is -0.115. The van der Waals surface area contributed by atoms with Gasteiger partial charge in [-0.3, -0.25) is 4.79 Å². The number of fused-ring (bicyclic) bond motifs is 1. The molecule has 170 valence electrons. The van der Waals surface area contributed by atoms with Gasteiger partial charge in [0.15, 0.2) is 0 Å². The molecule has 8 nitrogen and oxygen atoms in total. The predicted octanol–water partition coefficient (Wildman–Crippen LogP) is 4.38. The van der Waals surface area contributed by atoms with E-state index in [4.69, 9.17) is 4.42 Å². The normalized spacial score (nSPS) is 11.5. The Morgan fingerprint density at radius 2 is 1.70 bits per heavy atom. The summed E-state index contributed by atoms with van der Waals surface area (Å²) in [5.74, 6) is -0.208. The monoisotopic (exact) mass is 464 g/mol. The van der Waals surface area contributed by atoms with E-state index in [-0.39, 0.29) is 23.2 Å². The third-order valence-electron chi connectivity index (χ3n) is 5.13. The third kappa shape index (κ3) is 5.20. The molecule has 0 bridgehead atoms. The van der Waals surface area contributed by atoms with E-state index >= 15 is 0 Å². The second-order valence-corrected chi connectivity index (χ2v) is 9.46. The van der Waals surface area contributed by atoms with Crippen molar-refractivity contribution in [3.05, 3.63) is 77.3 Å². The number of nitrogens with one attached hydrogen (secondary N) is 2. The highest BCUT2D eigenvalue weighted by Gasteiger charge is 2.17. The molecule has 0 fully saturated rings. The fraction of sp³-hybridized carbons (Fsp3) is 0.208. The molecule has 0 spiro atoms. The first-order valence-corrected chi connectivity index (χ1v) is 12.0. The van der Waals surface area contributed by atoms with Crippen LogP contribution in [0.25, 0.3) is 11.0 Å². The zero-order valence-electron chi connectivity index (χ0n) is 18.5. The van der Waals surface area contributed by atoms with Gasteiger partial charge in [-0.2, -0.15) is 0 Å². The summed E-state index contributed by atoms with van der Waals surface area (Å²) >= 11 is 0. The minimum atomic E-state index is -3.86. The number of furan rings is 1. The molecule has 2 aromatic carbocycles. The van der Waals surface area contributed by atoms with Gasteiger partial charge in [-0.1, -0.05) is 13.0 Å². The largest absolute Gasteiger partial charge is 0.464 e. The lowest BCUT2D eigenvalue weighted by atomic mass is 10.1. The number of sulfonamides is 1. The van der Waals surface area contributed by atoms with Crippen LogP contribution in [0.3, 0.4) is 0 Å². The maximum Gasteiger partial charge on any atom is 0.264 e. The fourth-order valence-corrected chi connectivity index (χ4v) is 4.48. The first kappa shape index (κ1) is 22.5. The van der Waals surface area contributed by atoms with Gasteiger partial charge in [0.25, 0.3) is 10.0 Å². The molecular weight excluding hydrogens is 440 g/mol. The van der Waals surface area contributed by atoms with E-state index < -0.39 is 10.0 Å². The van der Waals surface area contributed by atoms with E-state index in [9.17, 15) is 13.2 Å². The van der Waals surface area contributed by atoms with E-state index in [1.54, 1.807) is 26.2 Å². The number of hydrogen-bond donors (Lipinski definition) is 2. The summed E-state index contributed by atoms with van der Waals surface area (Å²) in [4.78, 5) is 20.8. The van der Waals surface area contributed by atoms with Gasteiger partial charge in [0.2, 0.25) is 11.9 Å². The molecule has 0 aliphatic heterocycles. The van der Waals surface area contributed by atoms with Crippen LogP contribution < -0.4 is 10.0 Å². The number of rotatable bonds is 7. The van der Waals surface area contributed by atoms with Gasteiger partial charge in [0.05, 0.1) is 17.6 Å². The maximum atomic E-state index is 12.7. The van der Waals surface area contributed by atoms with Crippen LogP contribution >= 0.6 is 0 Å². The lowest BCUT2D eigenvalue weighted by Gasteiger charge is -2.09. The first-order valence-electron chi connectivity index (χ1n) is 10.5. The Bertz CT molecular complexity index is 1410. The van der Waals surface area contributed by atoms with Crippen molar-refractivity contribution in [3.63, 3.8) is 0 Å². The number of amides is 1. The molecule has 2 N–H and O–H groups in total. The van der Waals surface area contributed by atoms with Crippen LogP contribution in [0.4, 0.5) is 11.6 Å². The standard InChI is InChI=1S/C24H24N4O4S/c1-4-17-5-10-22-21(12-17)18(14-32-22)13-23(29)27-19-6-8-20(9-7-19)33(30,31)28-24-25-15(2)11-16(3)26-24/h5-12,14H,4,13H2,1-3H3,(H,27,29)(H,25,26,28). The molecule has 0 aliphatic carbocycles. The van der Waals surface area contributed by atoms with E-state index in [0.717, 1.165) is 23.0 Å². The Balaban J connectivity index is 1.44. The van der Waals surface area contributed by atoms with Crippen molar-refractivity contribution in [2.75, 3.05) is 10.0 Å². The second-order valence-electron chi connectivity index (χ2n) is 7.77. The smallest absolute Gasteiger partial charge is 0.264 e. The summed E-state index contributed by atoms with van der Waals surface area (Å²) in [6.07, 6.45) is 2.64. The Kier molecular flexibility index (Phi) is 6.15. The molecule has 0 radical (unpaired) electrons. The highest BCUT2D eigenvalue weighted by molar-refractivity contribution is 7.92. The summed E-state index contributed by atoms with van der Waals surface area (Å²) in [7, 11) is -3.86.